The number of carbonyl (C=O) groups is 2. The zero-order valence-electron chi connectivity index (χ0n) is 12.5. The van der Waals surface area contributed by atoms with Crippen LogP contribution in [0.4, 0.5) is 4.79 Å². The number of urea groups is 1. The molecule has 5 heteroatoms. The van der Waals surface area contributed by atoms with E-state index in [9.17, 15) is 14.7 Å². The Hall–Kier alpha value is -2.04. The van der Waals surface area contributed by atoms with Gasteiger partial charge in [0.05, 0.1) is 0 Å². The van der Waals surface area contributed by atoms with Crippen LogP contribution >= 0.6 is 0 Å². The molecular formula is C16H22N2O3. The SMILES string of the molecule is CC(C)[C@H](NC(=O)N1CCCc2ccccc2C1)C(=O)O. The molecule has 0 aromatic heterocycles. The second kappa shape index (κ2) is 6.61. The maximum absolute atomic E-state index is 12.3. The summed E-state index contributed by atoms with van der Waals surface area (Å²) in [6.07, 6.45) is 1.84. The van der Waals surface area contributed by atoms with Gasteiger partial charge in [-0.3, -0.25) is 0 Å². The van der Waals surface area contributed by atoms with Crippen LogP contribution in [0.1, 0.15) is 31.4 Å². The van der Waals surface area contributed by atoms with Gasteiger partial charge in [0.15, 0.2) is 0 Å². The van der Waals surface area contributed by atoms with Crippen LogP contribution in [0.2, 0.25) is 0 Å². The number of nitrogens with one attached hydrogen (secondary N) is 1. The minimum absolute atomic E-state index is 0.147. The predicted molar refractivity (Wildman–Crippen MR) is 80.0 cm³/mol. The van der Waals surface area contributed by atoms with Crippen LogP contribution in [-0.4, -0.2) is 34.6 Å². The van der Waals surface area contributed by atoms with E-state index in [2.05, 4.69) is 11.4 Å². The highest BCUT2D eigenvalue weighted by Gasteiger charge is 2.26. The fraction of sp³-hybridized carbons (Fsp3) is 0.500. The van der Waals surface area contributed by atoms with Gasteiger partial charge in [0, 0.05) is 13.1 Å². The molecule has 1 aliphatic rings. The summed E-state index contributed by atoms with van der Waals surface area (Å²) >= 11 is 0. The maximum Gasteiger partial charge on any atom is 0.326 e. The summed E-state index contributed by atoms with van der Waals surface area (Å²) < 4.78 is 0. The van der Waals surface area contributed by atoms with Crippen molar-refractivity contribution >= 4 is 12.0 Å². The van der Waals surface area contributed by atoms with Crippen LogP contribution in [0.5, 0.6) is 0 Å². The molecule has 1 atom stereocenters. The third-order valence-corrected chi connectivity index (χ3v) is 3.85. The maximum atomic E-state index is 12.3. The van der Waals surface area contributed by atoms with E-state index in [1.165, 1.54) is 5.56 Å². The van der Waals surface area contributed by atoms with Gasteiger partial charge in [-0.15, -0.1) is 0 Å². The number of fused-ring (bicyclic) bond motifs is 1. The second-order valence-electron chi connectivity index (χ2n) is 5.80. The van der Waals surface area contributed by atoms with Crippen molar-refractivity contribution in [2.45, 2.75) is 39.3 Å². The number of rotatable bonds is 3. The van der Waals surface area contributed by atoms with Crippen molar-refractivity contribution in [3.63, 3.8) is 0 Å². The van der Waals surface area contributed by atoms with Gasteiger partial charge >= 0.3 is 12.0 Å². The number of aryl methyl sites for hydroxylation is 1. The molecule has 5 nitrogen and oxygen atoms in total. The summed E-state index contributed by atoms with van der Waals surface area (Å²) in [5, 5.41) is 11.8. The summed E-state index contributed by atoms with van der Waals surface area (Å²) in [5.41, 5.74) is 2.41. The fourth-order valence-electron chi connectivity index (χ4n) is 2.61. The summed E-state index contributed by atoms with van der Waals surface area (Å²) in [5.74, 6) is -1.14. The average molecular weight is 290 g/mol. The van der Waals surface area contributed by atoms with Crippen molar-refractivity contribution in [2.24, 2.45) is 5.92 Å². The number of aliphatic carboxylic acids is 1. The van der Waals surface area contributed by atoms with Crippen molar-refractivity contribution in [3.8, 4) is 0 Å². The molecule has 2 rings (SSSR count). The first kappa shape index (κ1) is 15.4. The van der Waals surface area contributed by atoms with Gasteiger partial charge < -0.3 is 15.3 Å². The Morgan fingerprint density at radius 2 is 1.90 bits per heavy atom. The molecule has 0 fully saturated rings. The Morgan fingerprint density at radius 3 is 2.52 bits per heavy atom. The third kappa shape index (κ3) is 3.74. The highest BCUT2D eigenvalue weighted by molar-refractivity contribution is 5.82. The number of hydrogen-bond donors (Lipinski definition) is 2. The van der Waals surface area contributed by atoms with E-state index in [-0.39, 0.29) is 11.9 Å². The van der Waals surface area contributed by atoms with Crippen LogP contribution in [-0.2, 0) is 17.8 Å². The molecule has 2 N–H and O–H groups in total. The second-order valence-corrected chi connectivity index (χ2v) is 5.80. The van der Waals surface area contributed by atoms with Gasteiger partial charge in [0.1, 0.15) is 6.04 Å². The normalized spacial score (nSPS) is 16.0. The lowest BCUT2D eigenvalue weighted by molar-refractivity contribution is -0.140. The summed E-state index contributed by atoms with van der Waals surface area (Å²) in [4.78, 5) is 25.2. The van der Waals surface area contributed by atoms with E-state index in [4.69, 9.17) is 0 Å². The third-order valence-electron chi connectivity index (χ3n) is 3.85. The zero-order chi connectivity index (χ0) is 15.4. The van der Waals surface area contributed by atoms with Gasteiger partial charge in [-0.1, -0.05) is 38.1 Å². The quantitative estimate of drug-likeness (QED) is 0.897. The lowest BCUT2D eigenvalue weighted by atomic mass is 10.0. The fourth-order valence-corrected chi connectivity index (χ4v) is 2.61. The largest absolute Gasteiger partial charge is 0.480 e. The number of amides is 2. The monoisotopic (exact) mass is 290 g/mol. The Bertz CT molecular complexity index is 528. The van der Waals surface area contributed by atoms with Gasteiger partial charge in [-0.25, -0.2) is 9.59 Å². The molecule has 0 radical (unpaired) electrons. The number of benzene rings is 1. The molecule has 0 unspecified atom stereocenters. The molecule has 0 aliphatic carbocycles. The minimum atomic E-state index is -0.992. The van der Waals surface area contributed by atoms with E-state index in [0.29, 0.717) is 13.1 Å². The molecule has 1 aromatic rings. The number of hydrogen-bond acceptors (Lipinski definition) is 2. The van der Waals surface area contributed by atoms with Crippen LogP contribution in [0.25, 0.3) is 0 Å². The zero-order valence-corrected chi connectivity index (χ0v) is 12.5. The van der Waals surface area contributed by atoms with E-state index < -0.39 is 12.0 Å². The first-order valence-corrected chi connectivity index (χ1v) is 7.34. The Morgan fingerprint density at radius 1 is 1.24 bits per heavy atom. The Kier molecular flexibility index (Phi) is 4.83. The molecule has 2 amide bonds. The minimum Gasteiger partial charge on any atom is -0.480 e. The van der Waals surface area contributed by atoms with Crippen molar-refractivity contribution in [3.05, 3.63) is 35.4 Å². The van der Waals surface area contributed by atoms with E-state index in [1.54, 1.807) is 18.7 Å². The molecule has 0 bridgehead atoms. The molecule has 0 spiro atoms. The lowest BCUT2D eigenvalue weighted by Gasteiger charge is -2.25. The first-order valence-electron chi connectivity index (χ1n) is 7.34. The summed E-state index contributed by atoms with van der Waals surface area (Å²) in [7, 11) is 0. The number of nitrogens with zero attached hydrogens (tertiary/aromatic N) is 1. The van der Waals surface area contributed by atoms with E-state index in [0.717, 1.165) is 18.4 Å². The highest BCUT2D eigenvalue weighted by Crippen LogP contribution is 2.18. The molecule has 21 heavy (non-hydrogen) atoms. The Labute approximate surface area is 125 Å². The molecule has 1 aromatic carbocycles. The van der Waals surface area contributed by atoms with Crippen LogP contribution < -0.4 is 5.32 Å². The van der Waals surface area contributed by atoms with Crippen molar-refractivity contribution in [1.82, 2.24) is 10.2 Å². The summed E-state index contributed by atoms with van der Waals surface area (Å²) in [6.45, 7) is 4.75. The molecule has 0 saturated heterocycles. The van der Waals surface area contributed by atoms with Gasteiger partial charge in [0.25, 0.3) is 0 Å². The number of carboxylic acids is 1. The summed E-state index contributed by atoms with van der Waals surface area (Å²) in [6, 6.07) is 6.94. The number of carboxylic acid groups (broad SMARTS) is 1. The van der Waals surface area contributed by atoms with Crippen molar-refractivity contribution in [1.29, 1.82) is 0 Å². The van der Waals surface area contributed by atoms with Crippen LogP contribution in [0, 0.1) is 5.92 Å². The average Bonchev–Trinajstić information content (AvgIpc) is 2.65. The van der Waals surface area contributed by atoms with Gasteiger partial charge in [0.2, 0.25) is 0 Å². The lowest BCUT2D eigenvalue weighted by Crippen LogP contribution is -2.50. The first-order chi connectivity index (χ1) is 9.99. The Balaban J connectivity index is 2.08. The van der Waals surface area contributed by atoms with Crippen molar-refractivity contribution in [2.75, 3.05) is 6.54 Å². The van der Waals surface area contributed by atoms with Crippen LogP contribution in [0.3, 0.4) is 0 Å². The predicted octanol–water partition coefficient (Wildman–Crippen LogP) is 2.25. The number of carbonyl (C=O) groups excluding carboxylic acids is 1. The van der Waals surface area contributed by atoms with Gasteiger partial charge in [-0.05, 0) is 29.9 Å². The molecule has 1 heterocycles. The topological polar surface area (TPSA) is 69.6 Å². The molecular weight excluding hydrogens is 268 g/mol. The molecule has 1 aliphatic heterocycles. The highest BCUT2D eigenvalue weighted by atomic mass is 16.4. The molecule has 114 valence electrons. The smallest absolute Gasteiger partial charge is 0.326 e. The molecule has 0 saturated carbocycles. The van der Waals surface area contributed by atoms with Gasteiger partial charge in [-0.2, -0.15) is 0 Å². The van der Waals surface area contributed by atoms with E-state index >= 15 is 0 Å². The standard InChI is InChI=1S/C16H22N2O3/c1-11(2)14(15(19)20)17-16(21)18-9-5-8-12-6-3-4-7-13(12)10-18/h3-4,6-7,11,14H,5,8-10H2,1-2H3,(H,17,21)(H,19,20)/t14-/m0/s1. The van der Waals surface area contributed by atoms with Crippen molar-refractivity contribution < 1.29 is 14.7 Å². The van der Waals surface area contributed by atoms with Crippen LogP contribution in [0.15, 0.2) is 24.3 Å². The van der Waals surface area contributed by atoms with E-state index in [1.807, 2.05) is 18.2 Å².